The van der Waals surface area contributed by atoms with Gasteiger partial charge >= 0.3 is 0 Å². The van der Waals surface area contributed by atoms with Gasteiger partial charge in [-0.15, -0.1) is 0 Å². The molecule has 1 amide bonds. The first-order valence-electron chi connectivity index (χ1n) is 6.38. The quantitative estimate of drug-likeness (QED) is 0.834. The van der Waals surface area contributed by atoms with Gasteiger partial charge in [0.25, 0.3) is 5.91 Å². The van der Waals surface area contributed by atoms with Crippen LogP contribution in [0.5, 0.6) is 0 Å². The monoisotopic (exact) mass is 277 g/mol. The van der Waals surface area contributed by atoms with Gasteiger partial charge in [-0.05, 0) is 6.92 Å². The molecule has 0 unspecified atom stereocenters. The molecule has 2 aromatic heterocycles. The molecule has 7 heteroatoms. The molecule has 0 aliphatic heterocycles. The van der Waals surface area contributed by atoms with Crippen LogP contribution in [-0.2, 0) is 24.9 Å². The maximum Gasteiger partial charge on any atom is 0.271 e. The Balaban J connectivity index is 1.90. The number of hydrogen-bond donors (Lipinski definition) is 1. The van der Waals surface area contributed by atoms with Gasteiger partial charge < -0.3 is 19.2 Å². The van der Waals surface area contributed by atoms with E-state index in [1.807, 2.05) is 18.5 Å². The average molecular weight is 277 g/mol. The molecule has 1 N–H and O–H groups in total. The molecule has 0 bridgehead atoms. The first kappa shape index (κ1) is 14.3. The summed E-state index contributed by atoms with van der Waals surface area (Å²) >= 11 is 0. The Morgan fingerprint density at radius 3 is 2.90 bits per heavy atom. The summed E-state index contributed by atoms with van der Waals surface area (Å²) in [5.74, 6) is 0.689. The van der Waals surface area contributed by atoms with Crippen molar-refractivity contribution < 1.29 is 9.53 Å². The Morgan fingerprint density at radius 2 is 2.25 bits per heavy atom. The normalized spacial score (nSPS) is 10.8. The minimum absolute atomic E-state index is 0.170. The molecule has 0 saturated carbocycles. The molecule has 108 valence electrons. The smallest absolute Gasteiger partial charge is 0.271 e. The van der Waals surface area contributed by atoms with Crippen LogP contribution in [0.2, 0.25) is 0 Å². The van der Waals surface area contributed by atoms with Crippen molar-refractivity contribution in [3.05, 3.63) is 35.9 Å². The number of nitrogens with zero attached hydrogens (tertiary/aromatic N) is 4. The first-order chi connectivity index (χ1) is 9.61. The van der Waals surface area contributed by atoms with Gasteiger partial charge in [-0.3, -0.25) is 4.79 Å². The van der Waals surface area contributed by atoms with Crippen LogP contribution in [0.15, 0.2) is 18.7 Å². The van der Waals surface area contributed by atoms with Crippen LogP contribution in [0.1, 0.15) is 22.0 Å². The van der Waals surface area contributed by atoms with E-state index in [1.54, 1.807) is 30.4 Å². The maximum absolute atomic E-state index is 11.8. The molecule has 0 radical (unpaired) electrons. The molecule has 0 saturated heterocycles. The average Bonchev–Trinajstić information content (AvgIpc) is 2.99. The van der Waals surface area contributed by atoms with Gasteiger partial charge in [0, 0.05) is 45.3 Å². The minimum Gasteiger partial charge on any atom is -0.377 e. The Kier molecular flexibility index (Phi) is 4.52. The predicted molar refractivity (Wildman–Crippen MR) is 73.2 cm³/mol. The topological polar surface area (TPSA) is 74.0 Å². The number of aromatic nitrogens is 4. The van der Waals surface area contributed by atoms with Gasteiger partial charge in [-0.1, -0.05) is 0 Å². The maximum atomic E-state index is 11.8. The fourth-order valence-electron chi connectivity index (χ4n) is 1.96. The molecule has 0 aliphatic carbocycles. The summed E-state index contributed by atoms with van der Waals surface area (Å²) in [4.78, 5) is 20.1. The van der Waals surface area contributed by atoms with Crippen molar-refractivity contribution in [2.24, 2.45) is 7.05 Å². The first-order valence-corrected chi connectivity index (χ1v) is 6.38. The highest BCUT2D eigenvalue weighted by Gasteiger charge is 2.09. The van der Waals surface area contributed by atoms with Gasteiger partial charge in [-0.25, -0.2) is 9.97 Å². The van der Waals surface area contributed by atoms with Gasteiger partial charge in [0.1, 0.15) is 18.1 Å². The molecule has 2 heterocycles. The lowest BCUT2D eigenvalue weighted by atomic mass is 10.4. The van der Waals surface area contributed by atoms with E-state index >= 15 is 0 Å². The summed E-state index contributed by atoms with van der Waals surface area (Å²) in [5, 5.41) is 2.84. The zero-order chi connectivity index (χ0) is 14.5. The molecule has 0 spiro atoms. The molecule has 0 fully saturated rings. The lowest BCUT2D eigenvalue weighted by molar-refractivity contribution is 0.0947. The number of nitrogens with one attached hydrogen (secondary N) is 1. The number of rotatable bonds is 6. The number of methoxy groups -OCH3 is 1. The number of aryl methyl sites for hydroxylation is 2. The van der Waals surface area contributed by atoms with E-state index in [9.17, 15) is 4.79 Å². The molecule has 0 aliphatic rings. The number of amides is 1. The highest BCUT2D eigenvalue weighted by Crippen LogP contribution is 2.05. The third-order valence-electron chi connectivity index (χ3n) is 2.97. The second kappa shape index (κ2) is 6.33. The number of imidazole rings is 2. The lowest BCUT2D eigenvalue weighted by Gasteiger charge is -2.10. The van der Waals surface area contributed by atoms with Crippen LogP contribution < -0.4 is 5.32 Å². The molecule has 2 rings (SSSR count). The molecular formula is C13H19N5O2. The van der Waals surface area contributed by atoms with E-state index in [-0.39, 0.29) is 5.91 Å². The number of carbonyl (C=O) groups is 1. The predicted octanol–water partition coefficient (Wildman–Crippen LogP) is 0.501. The van der Waals surface area contributed by atoms with E-state index in [0.717, 1.165) is 11.5 Å². The molecule has 0 aromatic carbocycles. The fourth-order valence-corrected chi connectivity index (χ4v) is 1.96. The van der Waals surface area contributed by atoms with Gasteiger partial charge in [0.05, 0.1) is 6.33 Å². The zero-order valence-corrected chi connectivity index (χ0v) is 12.0. The number of hydrogen-bond acceptors (Lipinski definition) is 4. The van der Waals surface area contributed by atoms with Crippen LogP contribution in [0.3, 0.4) is 0 Å². The van der Waals surface area contributed by atoms with E-state index in [1.165, 1.54) is 0 Å². The van der Waals surface area contributed by atoms with E-state index in [4.69, 9.17) is 4.74 Å². The van der Waals surface area contributed by atoms with Crippen LogP contribution in [0.4, 0.5) is 0 Å². The standard InChI is InChI=1S/C13H19N5O2/c1-10-6-15-12(8-20-3)18(10)5-4-14-13(19)11-7-17(2)9-16-11/h6-7,9H,4-5,8H2,1-3H3,(H,14,19). The van der Waals surface area contributed by atoms with E-state index in [2.05, 4.69) is 15.3 Å². The molecular weight excluding hydrogens is 258 g/mol. The third kappa shape index (κ3) is 3.24. The summed E-state index contributed by atoms with van der Waals surface area (Å²) in [6.45, 7) is 3.61. The SMILES string of the molecule is COCc1ncc(C)n1CCNC(=O)c1cn(C)cn1. The zero-order valence-electron chi connectivity index (χ0n) is 12.0. The summed E-state index contributed by atoms with van der Waals surface area (Å²) in [7, 11) is 3.47. The van der Waals surface area contributed by atoms with Crippen molar-refractivity contribution in [3.63, 3.8) is 0 Å². The summed E-state index contributed by atoms with van der Waals surface area (Å²) in [6.07, 6.45) is 5.09. The third-order valence-corrected chi connectivity index (χ3v) is 2.97. The van der Waals surface area contributed by atoms with Crippen molar-refractivity contribution in [1.29, 1.82) is 0 Å². The Labute approximate surface area is 117 Å². The van der Waals surface area contributed by atoms with Crippen LogP contribution in [0, 0.1) is 6.92 Å². The largest absolute Gasteiger partial charge is 0.377 e. The van der Waals surface area contributed by atoms with Crippen molar-refractivity contribution in [2.75, 3.05) is 13.7 Å². The second-order valence-corrected chi connectivity index (χ2v) is 4.58. The van der Waals surface area contributed by atoms with Crippen molar-refractivity contribution in [2.45, 2.75) is 20.1 Å². The summed E-state index contributed by atoms with van der Waals surface area (Å²) < 4.78 is 8.87. The van der Waals surface area contributed by atoms with Gasteiger partial charge in [0.2, 0.25) is 0 Å². The fraction of sp³-hybridized carbons (Fsp3) is 0.462. The van der Waals surface area contributed by atoms with Crippen molar-refractivity contribution in [3.8, 4) is 0 Å². The van der Waals surface area contributed by atoms with Crippen LogP contribution in [0.25, 0.3) is 0 Å². The van der Waals surface area contributed by atoms with Crippen LogP contribution in [-0.4, -0.2) is 38.7 Å². The molecule has 0 atom stereocenters. The summed E-state index contributed by atoms with van der Waals surface area (Å²) in [6, 6.07) is 0. The molecule has 7 nitrogen and oxygen atoms in total. The van der Waals surface area contributed by atoms with E-state index in [0.29, 0.717) is 25.4 Å². The molecule has 2 aromatic rings. The minimum atomic E-state index is -0.170. The van der Waals surface area contributed by atoms with Crippen molar-refractivity contribution >= 4 is 5.91 Å². The second-order valence-electron chi connectivity index (χ2n) is 4.58. The van der Waals surface area contributed by atoms with E-state index < -0.39 is 0 Å². The number of carbonyl (C=O) groups excluding carboxylic acids is 1. The van der Waals surface area contributed by atoms with Crippen molar-refractivity contribution in [1.82, 2.24) is 24.4 Å². The Bertz CT molecular complexity index is 587. The Morgan fingerprint density at radius 1 is 1.45 bits per heavy atom. The Hall–Kier alpha value is -2.15. The van der Waals surface area contributed by atoms with Crippen LogP contribution >= 0.6 is 0 Å². The highest BCUT2D eigenvalue weighted by molar-refractivity contribution is 5.91. The highest BCUT2D eigenvalue weighted by atomic mass is 16.5. The van der Waals surface area contributed by atoms with Gasteiger partial charge in [0.15, 0.2) is 0 Å². The van der Waals surface area contributed by atoms with Gasteiger partial charge in [-0.2, -0.15) is 0 Å². The summed E-state index contributed by atoms with van der Waals surface area (Å²) in [5.41, 5.74) is 1.47. The number of ether oxygens (including phenoxy) is 1. The lowest BCUT2D eigenvalue weighted by Crippen LogP contribution is -2.28. The molecule has 20 heavy (non-hydrogen) atoms.